The first kappa shape index (κ1) is 32.7. The predicted octanol–water partition coefficient (Wildman–Crippen LogP) is 14.7. The lowest BCUT2D eigenvalue weighted by Gasteiger charge is -2.33. The highest BCUT2D eigenvalue weighted by atomic mass is 15.1. The maximum absolute atomic E-state index is 2.60. The predicted molar refractivity (Wildman–Crippen MR) is 224 cm³/mol. The molecule has 53 heavy (non-hydrogen) atoms. The van der Waals surface area contributed by atoms with Gasteiger partial charge >= 0.3 is 0 Å². The van der Waals surface area contributed by atoms with Gasteiger partial charge in [0.25, 0.3) is 0 Å². The van der Waals surface area contributed by atoms with Crippen molar-refractivity contribution < 1.29 is 0 Å². The summed E-state index contributed by atoms with van der Waals surface area (Å²) in [6, 6.07) is 53.3. The highest BCUT2D eigenvalue weighted by Gasteiger charge is 2.41. The normalized spacial score (nSPS) is 21.4. The summed E-state index contributed by atoms with van der Waals surface area (Å²) in [6.45, 7) is 4.86. The van der Waals surface area contributed by atoms with Crippen molar-refractivity contribution in [1.82, 2.24) is 0 Å². The largest absolute Gasteiger partial charge is 0.310 e. The minimum atomic E-state index is -0.140. The van der Waals surface area contributed by atoms with E-state index in [9.17, 15) is 0 Å². The molecule has 0 aliphatic heterocycles. The second-order valence-electron chi connectivity index (χ2n) is 17.1. The monoisotopic (exact) mass is 689 g/mol. The number of hydrogen-bond acceptors (Lipinski definition) is 1. The van der Waals surface area contributed by atoms with E-state index in [1.54, 1.807) is 5.56 Å². The zero-order valence-electron chi connectivity index (χ0n) is 31.4. The summed E-state index contributed by atoms with van der Waals surface area (Å²) in [5.74, 6) is 3.19. The Bertz CT molecular complexity index is 2270. The van der Waals surface area contributed by atoms with Crippen LogP contribution in [0.15, 0.2) is 140 Å². The van der Waals surface area contributed by atoms with Gasteiger partial charge < -0.3 is 4.90 Å². The molecule has 0 radical (unpaired) electrons. The van der Waals surface area contributed by atoms with Gasteiger partial charge in [0.05, 0.1) is 0 Å². The van der Waals surface area contributed by atoms with Crippen molar-refractivity contribution in [3.05, 3.63) is 162 Å². The third-order valence-electron chi connectivity index (χ3n) is 13.8. The van der Waals surface area contributed by atoms with Crippen LogP contribution in [0.25, 0.3) is 33.4 Å². The minimum Gasteiger partial charge on any atom is -0.310 e. The molecule has 6 aromatic carbocycles. The Morgan fingerprint density at radius 1 is 0.528 bits per heavy atom. The van der Waals surface area contributed by atoms with Crippen molar-refractivity contribution in [1.29, 1.82) is 0 Å². The van der Waals surface area contributed by atoms with E-state index in [-0.39, 0.29) is 5.41 Å². The molecule has 6 aromatic rings. The van der Waals surface area contributed by atoms with E-state index in [1.165, 1.54) is 125 Å². The average Bonchev–Trinajstić information content (AvgIpc) is 3.92. The van der Waals surface area contributed by atoms with E-state index in [4.69, 9.17) is 0 Å². The topological polar surface area (TPSA) is 3.24 Å². The van der Waals surface area contributed by atoms with Gasteiger partial charge in [-0.1, -0.05) is 149 Å². The fourth-order valence-corrected chi connectivity index (χ4v) is 11.1. The van der Waals surface area contributed by atoms with Crippen molar-refractivity contribution in [3.63, 3.8) is 0 Å². The Morgan fingerprint density at radius 2 is 1.25 bits per heavy atom. The van der Waals surface area contributed by atoms with Crippen molar-refractivity contribution in [2.24, 2.45) is 11.8 Å². The van der Waals surface area contributed by atoms with Crippen molar-refractivity contribution >= 4 is 17.1 Å². The Balaban J connectivity index is 1.11. The van der Waals surface area contributed by atoms with E-state index in [0.717, 1.165) is 17.8 Å². The van der Waals surface area contributed by atoms with Gasteiger partial charge in [0.2, 0.25) is 0 Å². The summed E-state index contributed by atoms with van der Waals surface area (Å²) in [4.78, 5) is 2.60. The van der Waals surface area contributed by atoms with Crippen molar-refractivity contribution in [2.45, 2.75) is 88.9 Å². The first-order valence-electron chi connectivity index (χ1n) is 20.5. The van der Waals surface area contributed by atoms with Crippen molar-refractivity contribution in [2.75, 3.05) is 4.90 Å². The molecule has 3 fully saturated rings. The number of benzene rings is 6. The fraction of sp³-hybridized carbons (Fsp3) is 0.308. The zero-order chi connectivity index (χ0) is 35.5. The van der Waals surface area contributed by atoms with Gasteiger partial charge in [0, 0.05) is 22.5 Å². The van der Waals surface area contributed by atoms with Gasteiger partial charge in [-0.15, -0.1) is 0 Å². The number of para-hydroxylation sites is 1. The number of anilines is 3. The second kappa shape index (κ2) is 13.2. The van der Waals surface area contributed by atoms with Crippen LogP contribution < -0.4 is 4.90 Å². The molecule has 4 aliphatic rings. The zero-order valence-corrected chi connectivity index (χ0v) is 31.4. The molecular weight excluding hydrogens is 639 g/mol. The molecule has 264 valence electrons. The molecule has 3 saturated carbocycles. The molecular formula is C52H51N. The summed E-state index contributed by atoms with van der Waals surface area (Å²) in [6.07, 6.45) is 12.3. The minimum absolute atomic E-state index is 0.140. The summed E-state index contributed by atoms with van der Waals surface area (Å²) < 4.78 is 0. The molecule has 0 aromatic heterocycles. The molecule has 0 saturated heterocycles. The second-order valence-corrected chi connectivity index (χ2v) is 17.1. The Kier molecular flexibility index (Phi) is 8.16. The van der Waals surface area contributed by atoms with Gasteiger partial charge in [-0.25, -0.2) is 0 Å². The first-order valence-corrected chi connectivity index (χ1v) is 20.5. The highest BCUT2D eigenvalue weighted by molar-refractivity contribution is 5.97. The average molecular weight is 690 g/mol. The molecule has 0 heterocycles. The van der Waals surface area contributed by atoms with Gasteiger partial charge in [0.15, 0.2) is 0 Å². The first-order chi connectivity index (χ1) is 26.0. The maximum atomic E-state index is 2.60. The molecule has 0 amide bonds. The Labute approximate surface area is 316 Å². The van der Waals surface area contributed by atoms with Gasteiger partial charge in [0.1, 0.15) is 0 Å². The lowest BCUT2D eigenvalue weighted by Crippen LogP contribution is -2.18. The molecule has 1 heteroatoms. The van der Waals surface area contributed by atoms with E-state index in [1.807, 2.05) is 0 Å². The van der Waals surface area contributed by atoms with Crippen LogP contribution in [0.1, 0.15) is 106 Å². The SMILES string of the molecule is CC1(C)c2cc(N(c3ccc(C4CC5CCC4C5)cc3)c3ccccc3C3CCCCC3)ccc2-c2c(-c3ccccc3-c3ccccc3)cccc21. The Morgan fingerprint density at radius 3 is 2.02 bits per heavy atom. The molecule has 10 rings (SSSR count). The lowest BCUT2D eigenvalue weighted by atomic mass is 9.81. The van der Waals surface area contributed by atoms with E-state index < -0.39 is 0 Å². The Hall–Kier alpha value is -4.88. The fourth-order valence-electron chi connectivity index (χ4n) is 11.1. The van der Waals surface area contributed by atoms with E-state index in [0.29, 0.717) is 5.92 Å². The quantitative estimate of drug-likeness (QED) is 0.161. The van der Waals surface area contributed by atoms with Crippen LogP contribution in [-0.4, -0.2) is 0 Å². The summed E-state index contributed by atoms with van der Waals surface area (Å²) >= 11 is 0. The van der Waals surface area contributed by atoms with Crippen LogP contribution in [-0.2, 0) is 5.41 Å². The third kappa shape index (κ3) is 5.58. The molecule has 4 aliphatic carbocycles. The summed E-state index contributed by atoms with van der Waals surface area (Å²) in [5.41, 5.74) is 17.5. The van der Waals surface area contributed by atoms with Gasteiger partial charge in [-0.3, -0.25) is 0 Å². The third-order valence-corrected chi connectivity index (χ3v) is 13.8. The van der Waals surface area contributed by atoms with Crippen LogP contribution >= 0.6 is 0 Å². The number of rotatable bonds is 7. The van der Waals surface area contributed by atoms with Crippen LogP contribution in [0.5, 0.6) is 0 Å². The number of hydrogen-bond donors (Lipinski definition) is 0. The summed E-state index contributed by atoms with van der Waals surface area (Å²) in [7, 11) is 0. The van der Waals surface area contributed by atoms with Gasteiger partial charge in [-0.2, -0.15) is 0 Å². The van der Waals surface area contributed by atoms with Crippen LogP contribution in [0.4, 0.5) is 17.1 Å². The smallest absolute Gasteiger partial charge is 0.0496 e. The molecule has 0 N–H and O–H groups in total. The standard InChI is InChI=1S/C52H51N/c1-52(2)48-22-13-21-45(44-20-10-9-18-42(44)36-14-5-3-6-15-36)51(48)46-31-30-41(34-49(46)52)53(50-23-12-11-19-43(50)37-16-7-4-8-17-37)40-28-26-38(27-29-40)47-33-35-24-25-39(47)32-35/h3,5-6,9-15,18-23,26-31,34-35,37,39,47H,4,7-8,16-17,24-25,32-33H2,1-2H3. The number of fused-ring (bicyclic) bond motifs is 5. The molecule has 3 atom stereocenters. The molecule has 2 bridgehead atoms. The van der Waals surface area contributed by atoms with Crippen LogP contribution in [0, 0.1) is 11.8 Å². The van der Waals surface area contributed by atoms with E-state index in [2.05, 4.69) is 158 Å². The van der Waals surface area contributed by atoms with Gasteiger partial charge in [-0.05, 0) is 142 Å². The number of nitrogens with zero attached hydrogens (tertiary/aromatic N) is 1. The maximum Gasteiger partial charge on any atom is 0.0496 e. The summed E-state index contributed by atoms with van der Waals surface area (Å²) in [5, 5.41) is 0. The molecule has 0 spiro atoms. The molecule has 3 unspecified atom stereocenters. The van der Waals surface area contributed by atoms with Crippen molar-refractivity contribution in [3.8, 4) is 33.4 Å². The van der Waals surface area contributed by atoms with E-state index >= 15 is 0 Å². The van der Waals surface area contributed by atoms with Crippen LogP contribution in [0.2, 0.25) is 0 Å². The van der Waals surface area contributed by atoms with Crippen LogP contribution in [0.3, 0.4) is 0 Å². The lowest BCUT2D eigenvalue weighted by molar-refractivity contribution is 0.420. The molecule has 1 nitrogen and oxygen atoms in total. The highest BCUT2D eigenvalue weighted by Crippen LogP contribution is 2.56.